The maximum Gasteiger partial charge on any atom is 0.291 e. The highest BCUT2D eigenvalue weighted by atomic mass is 16.5. The molecule has 1 atom stereocenters. The van der Waals surface area contributed by atoms with Crippen molar-refractivity contribution in [3.63, 3.8) is 0 Å². The molecule has 0 saturated heterocycles. The zero-order chi connectivity index (χ0) is 20.9. The number of ketones is 1. The quantitative estimate of drug-likeness (QED) is 0.618. The van der Waals surface area contributed by atoms with Gasteiger partial charge in [0.05, 0.1) is 12.0 Å². The van der Waals surface area contributed by atoms with E-state index in [0.29, 0.717) is 34.3 Å². The lowest BCUT2D eigenvalue weighted by atomic mass is 9.87. The number of benzene rings is 2. The molecule has 3 aromatic rings. The molecule has 2 aromatic carbocycles. The zero-order valence-corrected chi connectivity index (χ0v) is 17.4. The van der Waals surface area contributed by atoms with Crippen molar-refractivity contribution in [2.75, 3.05) is 5.32 Å². The van der Waals surface area contributed by atoms with Gasteiger partial charge in [-0.1, -0.05) is 19.1 Å². The standard InChI is InChI=1S/C24H25NO4/c1-6-24(5)12-17(26)21-19(29-24)11-10-18-20(21)15(4)22(28-18)23(27)25-16-9-7-8-13(2)14(16)3/h7-11H,6,12H2,1-5H3,(H,25,27)/t24-/m0/s1. The van der Waals surface area contributed by atoms with Gasteiger partial charge in [0, 0.05) is 16.6 Å². The van der Waals surface area contributed by atoms with Gasteiger partial charge in [0.15, 0.2) is 11.5 Å². The molecule has 5 heteroatoms. The van der Waals surface area contributed by atoms with Gasteiger partial charge >= 0.3 is 0 Å². The van der Waals surface area contributed by atoms with E-state index in [4.69, 9.17) is 9.15 Å². The fourth-order valence-electron chi connectivity index (χ4n) is 3.89. The maximum atomic E-state index is 13.0. The molecule has 1 N–H and O–H groups in total. The number of fused-ring (bicyclic) bond motifs is 3. The molecular formula is C24H25NO4. The number of ether oxygens (including phenoxy) is 1. The molecule has 4 rings (SSSR count). The minimum atomic E-state index is -0.502. The lowest BCUT2D eigenvalue weighted by Crippen LogP contribution is -2.38. The summed E-state index contributed by atoms with van der Waals surface area (Å²) in [5, 5.41) is 3.60. The zero-order valence-electron chi connectivity index (χ0n) is 17.4. The Morgan fingerprint density at radius 3 is 2.62 bits per heavy atom. The van der Waals surface area contributed by atoms with Crippen LogP contribution in [-0.4, -0.2) is 17.3 Å². The van der Waals surface area contributed by atoms with Crippen LogP contribution in [0.2, 0.25) is 0 Å². The van der Waals surface area contributed by atoms with Crippen molar-refractivity contribution in [2.24, 2.45) is 0 Å². The van der Waals surface area contributed by atoms with E-state index >= 15 is 0 Å². The Morgan fingerprint density at radius 1 is 1.14 bits per heavy atom. The van der Waals surface area contributed by atoms with Crippen molar-refractivity contribution in [1.29, 1.82) is 0 Å². The lowest BCUT2D eigenvalue weighted by Gasteiger charge is -2.34. The number of hydrogen-bond acceptors (Lipinski definition) is 4. The molecule has 0 aliphatic carbocycles. The second-order valence-electron chi connectivity index (χ2n) is 8.08. The van der Waals surface area contributed by atoms with Gasteiger partial charge in [-0.05, 0) is 63.4 Å². The summed E-state index contributed by atoms with van der Waals surface area (Å²) in [6.07, 6.45) is 1.05. The van der Waals surface area contributed by atoms with Gasteiger partial charge in [0.1, 0.15) is 16.9 Å². The van der Waals surface area contributed by atoms with Gasteiger partial charge in [0.25, 0.3) is 5.91 Å². The molecule has 0 fully saturated rings. The van der Waals surface area contributed by atoms with Gasteiger partial charge in [-0.3, -0.25) is 9.59 Å². The molecule has 0 saturated carbocycles. The second kappa shape index (κ2) is 6.76. The van der Waals surface area contributed by atoms with E-state index in [-0.39, 0.29) is 17.5 Å². The first-order valence-corrected chi connectivity index (χ1v) is 9.90. The van der Waals surface area contributed by atoms with E-state index in [1.807, 2.05) is 52.8 Å². The summed E-state index contributed by atoms with van der Waals surface area (Å²) in [4.78, 5) is 25.9. The molecule has 150 valence electrons. The highest BCUT2D eigenvalue weighted by Crippen LogP contribution is 2.41. The first kappa shape index (κ1) is 19.2. The number of Topliss-reactive ketones (excluding diaryl/α,β-unsaturated/α-hetero) is 1. The Bertz CT molecular complexity index is 1160. The molecule has 1 amide bonds. The Kier molecular flexibility index (Phi) is 4.49. The fraction of sp³-hybridized carbons (Fsp3) is 0.333. The molecule has 0 unspecified atom stereocenters. The van der Waals surface area contributed by atoms with Crippen LogP contribution in [0.4, 0.5) is 5.69 Å². The minimum Gasteiger partial charge on any atom is -0.486 e. The van der Waals surface area contributed by atoms with Gasteiger partial charge in [0.2, 0.25) is 0 Å². The summed E-state index contributed by atoms with van der Waals surface area (Å²) >= 11 is 0. The number of carbonyl (C=O) groups is 2. The Hall–Kier alpha value is -3.08. The highest BCUT2D eigenvalue weighted by Gasteiger charge is 2.37. The van der Waals surface area contributed by atoms with Crippen molar-refractivity contribution in [3.05, 3.63) is 58.3 Å². The van der Waals surface area contributed by atoms with Crippen LogP contribution in [0.1, 0.15) is 64.3 Å². The third-order valence-corrected chi connectivity index (χ3v) is 6.03. The number of aryl methyl sites for hydroxylation is 2. The first-order valence-electron chi connectivity index (χ1n) is 9.90. The molecule has 5 nitrogen and oxygen atoms in total. The Balaban J connectivity index is 1.77. The number of nitrogens with one attached hydrogen (secondary N) is 1. The minimum absolute atomic E-state index is 0.0200. The van der Waals surface area contributed by atoms with Crippen molar-refractivity contribution >= 4 is 28.3 Å². The highest BCUT2D eigenvalue weighted by molar-refractivity contribution is 6.14. The van der Waals surface area contributed by atoms with Crippen LogP contribution < -0.4 is 10.1 Å². The van der Waals surface area contributed by atoms with Crippen LogP contribution in [0, 0.1) is 20.8 Å². The number of amides is 1. The third kappa shape index (κ3) is 3.11. The van der Waals surface area contributed by atoms with Gasteiger partial charge in [-0.15, -0.1) is 0 Å². The molecule has 0 radical (unpaired) electrons. The molecule has 1 aliphatic rings. The molecule has 0 bridgehead atoms. The number of anilines is 1. The second-order valence-corrected chi connectivity index (χ2v) is 8.08. The molecule has 1 aromatic heterocycles. The van der Waals surface area contributed by atoms with E-state index in [9.17, 15) is 9.59 Å². The van der Waals surface area contributed by atoms with Gasteiger partial charge < -0.3 is 14.5 Å². The normalized spacial score (nSPS) is 18.4. The lowest BCUT2D eigenvalue weighted by molar-refractivity contribution is 0.0503. The smallest absolute Gasteiger partial charge is 0.291 e. The van der Waals surface area contributed by atoms with Crippen LogP contribution in [0.25, 0.3) is 11.0 Å². The monoisotopic (exact) mass is 391 g/mol. The summed E-state index contributed by atoms with van der Waals surface area (Å²) in [6, 6.07) is 9.30. The van der Waals surface area contributed by atoms with E-state index < -0.39 is 5.60 Å². The number of hydrogen-bond donors (Lipinski definition) is 1. The largest absolute Gasteiger partial charge is 0.486 e. The van der Waals surface area contributed by atoms with E-state index in [1.165, 1.54) is 0 Å². The average Bonchev–Trinajstić information content (AvgIpc) is 3.02. The van der Waals surface area contributed by atoms with Crippen LogP contribution in [0.5, 0.6) is 5.75 Å². The molecular weight excluding hydrogens is 366 g/mol. The predicted molar refractivity (Wildman–Crippen MR) is 113 cm³/mol. The van der Waals surface area contributed by atoms with Crippen LogP contribution >= 0.6 is 0 Å². The fourth-order valence-corrected chi connectivity index (χ4v) is 3.89. The Morgan fingerprint density at radius 2 is 1.90 bits per heavy atom. The van der Waals surface area contributed by atoms with Gasteiger partial charge in [-0.2, -0.15) is 0 Å². The molecule has 2 heterocycles. The summed E-state index contributed by atoms with van der Waals surface area (Å²) < 4.78 is 12.0. The number of carbonyl (C=O) groups excluding carboxylic acids is 2. The Labute approximate surface area is 170 Å². The van der Waals surface area contributed by atoms with Gasteiger partial charge in [-0.25, -0.2) is 0 Å². The molecule has 0 spiro atoms. The summed E-state index contributed by atoms with van der Waals surface area (Å²) in [5.41, 5.74) is 4.03. The van der Waals surface area contributed by atoms with Crippen molar-refractivity contribution in [2.45, 2.75) is 53.1 Å². The molecule has 1 aliphatic heterocycles. The summed E-state index contributed by atoms with van der Waals surface area (Å²) in [7, 11) is 0. The number of furan rings is 1. The van der Waals surface area contributed by atoms with Crippen molar-refractivity contribution < 1.29 is 18.7 Å². The van der Waals surface area contributed by atoms with Crippen LogP contribution in [0.3, 0.4) is 0 Å². The van der Waals surface area contributed by atoms with E-state index in [0.717, 1.165) is 23.2 Å². The predicted octanol–water partition coefficient (Wildman–Crippen LogP) is 5.74. The SMILES string of the molecule is CC[C@@]1(C)CC(=O)c2c(ccc3oc(C(=O)Nc4cccc(C)c4C)c(C)c23)O1. The number of rotatable bonds is 3. The maximum absolute atomic E-state index is 13.0. The van der Waals surface area contributed by atoms with Crippen LogP contribution in [0.15, 0.2) is 34.7 Å². The van der Waals surface area contributed by atoms with Crippen molar-refractivity contribution in [1.82, 2.24) is 0 Å². The average molecular weight is 391 g/mol. The first-order chi connectivity index (χ1) is 13.7. The topological polar surface area (TPSA) is 68.5 Å². The van der Waals surface area contributed by atoms with Crippen LogP contribution in [-0.2, 0) is 0 Å². The van der Waals surface area contributed by atoms with E-state index in [2.05, 4.69) is 5.32 Å². The van der Waals surface area contributed by atoms with Crippen molar-refractivity contribution in [3.8, 4) is 5.75 Å². The third-order valence-electron chi connectivity index (χ3n) is 6.03. The summed E-state index contributed by atoms with van der Waals surface area (Å²) in [6.45, 7) is 9.73. The summed E-state index contributed by atoms with van der Waals surface area (Å²) in [5.74, 6) is 0.463. The molecule has 29 heavy (non-hydrogen) atoms. The van der Waals surface area contributed by atoms with E-state index in [1.54, 1.807) is 12.1 Å².